The van der Waals surface area contributed by atoms with Crippen LogP contribution in [0.15, 0.2) is 54.6 Å². The summed E-state index contributed by atoms with van der Waals surface area (Å²) in [5.41, 5.74) is 1.80. The highest BCUT2D eigenvalue weighted by Crippen LogP contribution is 2.20. The number of carboxylic acid groups (broad SMARTS) is 1. The van der Waals surface area contributed by atoms with E-state index in [1.165, 1.54) is 0 Å². The molecule has 0 bridgehead atoms. The topological polar surface area (TPSA) is 46.5 Å². The van der Waals surface area contributed by atoms with Gasteiger partial charge in [0.25, 0.3) is 0 Å². The van der Waals surface area contributed by atoms with Crippen molar-refractivity contribution < 1.29 is 14.6 Å². The molecule has 2 aromatic carbocycles. The van der Waals surface area contributed by atoms with Gasteiger partial charge < -0.3 is 9.84 Å². The number of hydrogen-bond donors (Lipinski definition) is 1. The maximum Gasteiger partial charge on any atom is 0.336 e. The van der Waals surface area contributed by atoms with Gasteiger partial charge in [-0.05, 0) is 35.8 Å². The quantitative estimate of drug-likeness (QED) is 0.641. The van der Waals surface area contributed by atoms with E-state index in [-0.39, 0.29) is 5.57 Å². The van der Waals surface area contributed by atoms with Crippen LogP contribution in [-0.4, -0.2) is 17.7 Å². The predicted octanol–water partition coefficient (Wildman–Crippen LogP) is 4.10. The van der Waals surface area contributed by atoms with Gasteiger partial charge in [0.05, 0.1) is 12.2 Å². The third kappa shape index (κ3) is 4.21. The van der Waals surface area contributed by atoms with E-state index < -0.39 is 5.97 Å². The highest BCUT2D eigenvalue weighted by Gasteiger charge is 2.09. The average Bonchev–Trinajstić information content (AvgIpc) is 2.52. The monoisotopic (exact) mass is 282 g/mol. The van der Waals surface area contributed by atoms with E-state index in [0.717, 1.165) is 17.7 Å². The van der Waals surface area contributed by atoms with E-state index in [9.17, 15) is 9.90 Å². The van der Waals surface area contributed by atoms with Crippen molar-refractivity contribution in [3.8, 4) is 5.75 Å². The van der Waals surface area contributed by atoms with Gasteiger partial charge >= 0.3 is 5.97 Å². The van der Waals surface area contributed by atoms with Gasteiger partial charge in [-0.1, -0.05) is 49.4 Å². The summed E-state index contributed by atoms with van der Waals surface area (Å²) in [6, 6.07) is 16.5. The minimum atomic E-state index is -0.937. The first-order chi connectivity index (χ1) is 10.2. The Balaban J connectivity index is 2.25. The van der Waals surface area contributed by atoms with E-state index in [4.69, 9.17) is 4.74 Å². The molecule has 0 saturated carbocycles. The van der Waals surface area contributed by atoms with E-state index >= 15 is 0 Å². The lowest BCUT2D eigenvalue weighted by molar-refractivity contribution is -0.130. The molecule has 0 radical (unpaired) electrons. The van der Waals surface area contributed by atoms with E-state index in [1.807, 2.05) is 42.5 Å². The molecule has 0 aliphatic carbocycles. The molecule has 108 valence electrons. The smallest absolute Gasteiger partial charge is 0.336 e. The van der Waals surface area contributed by atoms with Crippen LogP contribution in [0.25, 0.3) is 11.6 Å². The molecule has 0 aliphatic rings. The van der Waals surface area contributed by atoms with Crippen LogP contribution < -0.4 is 4.74 Å². The number of aliphatic carboxylic acids is 1. The Labute approximate surface area is 124 Å². The normalized spacial score (nSPS) is 11.2. The van der Waals surface area contributed by atoms with Gasteiger partial charge in [-0.3, -0.25) is 0 Å². The van der Waals surface area contributed by atoms with E-state index in [1.54, 1.807) is 18.2 Å². The third-order valence-electron chi connectivity index (χ3n) is 2.98. The number of hydrogen-bond acceptors (Lipinski definition) is 2. The van der Waals surface area contributed by atoms with E-state index in [0.29, 0.717) is 12.2 Å². The fourth-order valence-electron chi connectivity index (χ4n) is 1.93. The van der Waals surface area contributed by atoms with Crippen molar-refractivity contribution in [1.29, 1.82) is 0 Å². The molecular formula is C18H18O3. The average molecular weight is 282 g/mol. The molecule has 0 saturated heterocycles. The van der Waals surface area contributed by atoms with Crippen molar-refractivity contribution in [2.45, 2.75) is 13.3 Å². The SMILES string of the molecule is CCCOc1ccc(/C=C(\C(=O)O)c2ccccc2)cc1. The molecule has 0 amide bonds. The van der Waals surface area contributed by atoms with Gasteiger partial charge in [0.15, 0.2) is 0 Å². The summed E-state index contributed by atoms with van der Waals surface area (Å²) in [5.74, 6) is -0.141. The molecular weight excluding hydrogens is 264 g/mol. The molecule has 3 heteroatoms. The summed E-state index contributed by atoms with van der Waals surface area (Å²) >= 11 is 0. The van der Waals surface area contributed by atoms with Crippen LogP contribution in [0.5, 0.6) is 5.75 Å². The second-order valence-electron chi connectivity index (χ2n) is 4.65. The zero-order valence-corrected chi connectivity index (χ0v) is 12.0. The Morgan fingerprint density at radius 3 is 2.33 bits per heavy atom. The lowest BCUT2D eigenvalue weighted by Crippen LogP contribution is -1.99. The van der Waals surface area contributed by atoms with Gasteiger partial charge in [-0.2, -0.15) is 0 Å². The van der Waals surface area contributed by atoms with Crippen molar-refractivity contribution in [2.24, 2.45) is 0 Å². The highest BCUT2D eigenvalue weighted by atomic mass is 16.5. The zero-order chi connectivity index (χ0) is 15.1. The van der Waals surface area contributed by atoms with Crippen LogP contribution in [0.1, 0.15) is 24.5 Å². The predicted molar refractivity (Wildman–Crippen MR) is 84.2 cm³/mol. The summed E-state index contributed by atoms with van der Waals surface area (Å²) in [6.07, 6.45) is 2.63. The molecule has 21 heavy (non-hydrogen) atoms. The molecule has 1 N–H and O–H groups in total. The molecule has 0 unspecified atom stereocenters. The van der Waals surface area contributed by atoms with E-state index in [2.05, 4.69) is 6.92 Å². The molecule has 0 atom stereocenters. The first-order valence-electron chi connectivity index (χ1n) is 6.94. The maximum absolute atomic E-state index is 11.4. The molecule has 2 rings (SSSR count). The van der Waals surface area contributed by atoms with Crippen LogP contribution in [0.2, 0.25) is 0 Å². The highest BCUT2D eigenvalue weighted by molar-refractivity contribution is 6.20. The molecule has 0 aliphatic heterocycles. The van der Waals surface area contributed by atoms with Crippen LogP contribution in [0.4, 0.5) is 0 Å². The largest absolute Gasteiger partial charge is 0.494 e. The summed E-state index contributed by atoms with van der Waals surface area (Å²) < 4.78 is 5.51. The van der Waals surface area contributed by atoms with Crippen molar-refractivity contribution in [1.82, 2.24) is 0 Å². The Morgan fingerprint density at radius 2 is 1.76 bits per heavy atom. The van der Waals surface area contributed by atoms with Gasteiger partial charge in [0, 0.05) is 0 Å². The molecule has 3 nitrogen and oxygen atoms in total. The summed E-state index contributed by atoms with van der Waals surface area (Å²) in [7, 11) is 0. The minimum Gasteiger partial charge on any atom is -0.494 e. The Hall–Kier alpha value is -2.55. The Bertz CT molecular complexity index is 613. The van der Waals surface area contributed by atoms with Crippen molar-refractivity contribution in [3.05, 3.63) is 65.7 Å². The zero-order valence-electron chi connectivity index (χ0n) is 12.0. The van der Waals surface area contributed by atoms with Crippen molar-refractivity contribution in [3.63, 3.8) is 0 Å². The molecule has 0 fully saturated rings. The first kappa shape index (κ1) is 14.9. The van der Waals surface area contributed by atoms with Gasteiger partial charge in [-0.25, -0.2) is 4.79 Å². The first-order valence-corrected chi connectivity index (χ1v) is 6.94. The second-order valence-corrected chi connectivity index (χ2v) is 4.65. The van der Waals surface area contributed by atoms with Crippen molar-refractivity contribution in [2.75, 3.05) is 6.61 Å². The molecule has 2 aromatic rings. The molecule has 0 aromatic heterocycles. The third-order valence-corrected chi connectivity index (χ3v) is 2.98. The second kappa shape index (κ2) is 7.29. The number of benzene rings is 2. The summed E-state index contributed by atoms with van der Waals surface area (Å²) in [4.78, 5) is 11.4. The van der Waals surface area contributed by atoms with Crippen LogP contribution in [0.3, 0.4) is 0 Å². The fraction of sp³-hybridized carbons (Fsp3) is 0.167. The maximum atomic E-state index is 11.4. The molecule has 0 heterocycles. The fourth-order valence-corrected chi connectivity index (χ4v) is 1.93. The summed E-state index contributed by atoms with van der Waals surface area (Å²) in [6.45, 7) is 2.73. The number of carbonyl (C=O) groups is 1. The minimum absolute atomic E-state index is 0.276. The van der Waals surface area contributed by atoms with Crippen molar-refractivity contribution >= 4 is 17.6 Å². The van der Waals surface area contributed by atoms with Crippen LogP contribution in [0, 0.1) is 0 Å². The Kier molecular flexibility index (Phi) is 5.16. The standard InChI is InChI=1S/C18H18O3/c1-2-12-21-16-10-8-14(9-11-16)13-17(18(19)20)15-6-4-3-5-7-15/h3-11,13H,2,12H2,1H3,(H,19,20)/b17-13-. The van der Waals surface area contributed by atoms with Crippen LogP contribution in [-0.2, 0) is 4.79 Å². The molecule has 0 spiro atoms. The lowest BCUT2D eigenvalue weighted by Gasteiger charge is -2.05. The van der Waals surface area contributed by atoms with Gasteiger partial charge in [0.2, 0.25) is 0 Å². The van der Waals surface area contributed by atoms with Gasteiger partial charge in [0.1, 0.15) is 5.75 Å². The number of ether oxygens (including phenoxy) is 1. The number of carboxylic acids is 1. The van der Waals surface area contributed by atoms with Crippen LogP contribution >= 0.6 is 0 Å². The lowest BCUT2D eigenvalue weighted by atomic mass is 10.0. The van der Waals surface area contributed by atoms with Gasteiger partial charge in [-0.15, -0.1) is 0 Å². The summed E-state index contributed by atoms with van der Waals surface area (Å²) in [5, 5.41) is 9.37. The number of rotatable bonds is 6. The Morgan fingerprint density at radius 1 is 1.10 bits per heavy atom.